The maximum atomic E-state index is 11.2. The van der Waals surface area contributed by atoms with Crippen LogP contribution >= 0.6 is 0 Å². The van der Waals surface area contributed by atoms with Crippen molar-refractivity contribution in [3.63, 3.8) is 0 Å². The molecule has 1 fully saturated rings. The third-order valence-electron chi connectivity index (χ3n) is 2.43. The van der Waals surface area contributed by atoms with Gasteiger partial charge >= 0.3 is 5.97 Å². The first-order valence-electron chi connectivity index (χ1n) is 5.56. The first-order chi connectivity index (χ1) is 7.24. The van der Waals surface area contributed by atoms with Gasteiger partial charge in [-0.25, -0.2) is 0 Å². The van der Waals surface area contributed by atoms with Gasteiger partial charge in [0.25, 0.3) is 0 Å². The van der Waals surface area contributed by atoms with Crippen LogP contribution in [0.1, 0.15) is 20.3 Å². The number of ether oxygens (including phenoxy) is 3. The van der Waals surface area contributed by atoms with Crippen molar-refractivity contribution in [1.82, 2.24) is 0 Å². The maximum Gasteiger partial charge on any atom is 0.310 e. The number of hydrogen-bond donors (Lipinski definition) is 0. The van der Waals surface area contributed by atoms with E-state index in [1.807, 2.05) is 6.92 Å². The van der Waals surface area contributed by atoms with Crippen molar-refractivity contribution in [2.75, 3.05) is 33.0 Å². The van der Waals surface area contributed by atoms with Crippen LogP contribution in [0.15, 0.2) is 0 Å². The number of rotatable bonds is 6. The van der Waals surface area contributed by atoms with E-state index in [-0.39, 0.29) is 11.9 Å². The molecular weight excluding hydrogens is 196 g/mol. The fraction of sp³-hybridized carbons (Fsp3) is 0.909. The van der Waals surface area contributed by atoms with Gasteiger partial charge in [0.1, 0.15) is 0 Å². The molecule has 15 heavy (non-hydrogen) atoms. The van der Waals surface area contributed by atoms with Crippen molar-refractivity contribution in [3.8, 4) is 0 Å². The van der Waals surface area contributed by atoms with Crippen LogP contribution in [0.5, 0.6) is 0 Å². The normalized spacial score (nSPS) is 22.7. The minimum absolute atomic E-state index is 0.174. The highest BCUT2D eigenvalue weighted by atomic mass is 16.5. The second-order valence-corrected chi connectivity index (χ2v) is 3.92. The van der Waals surface area contributed by atoms with E-state index in [1.165, 1.54) is 0 Å². The minimum atomic E-state index is -0.180. The third kappa shape index (κ3) is 4.62. The van der Waals surface area contributed by atoms with Crippen LogP contribution < -0.4 is 0 Å². The topological polar surface area (TPSA) is 44.8 Å². The number of carbonyl (C=O) groups is 1. The molecule has 0 amide bonds. The molecule has 1 heterocycles. The quantitative estimate of drug-likeness (QED) is 0.627. The average Bonchev–Trinajstić information content (AvgIpc) is 2.71. The van der Waals surface area contributed by atoms with E-state index in [1.54, 1.807) is 6.92 Å². The summed E-state index contributed by atoms with van der Waals surface area (Å²) in [6.07, 6.45) is 1.06. The molecule has 88 valence electrons. The van der Waals surface area contributed by atoms with Crippen LogP contribution in [0.25, 0.3) is 0 Å². The summed E-state index contributed by atoms with van der Waals surface area (Å²) in [6, 6.07) is 0. The first kappa shape index (κ1) is 12.5. The molecule has 4 heteroatoms. The van der Waals surface area contributed by atoms with Gasteiger partial charge in [-0.15, -0.1) is 0 Å². The van der Waals surface area contributed by atoms with E-state index in [0.717, 1.165) is 19.6 Å². The lowest BCUT2D eigenvalue weighted by Gasteiger charge is -2.12. The molecule has 0 radical (unpaired) electrons. The van der Waals surface area contributed by atoms with Gasteiger partial charge in [0.15, 0.2) is 0 Å². The zero-order valence-electron chi connectivity index (χ0n) is 9.53. The number of hydrogen-bond acceptors (Lipinski definition) is 4. The average molecular weight is 216 g/mol. The van der Waals surface area contributed by atoms with Crippen molar-refractivity contribution in [2.45, 2.75) is 20.3 Å². The summed E-state index contributed by atoms with van der Waals surface area (Å²) in [5.41, 5.74) is 0. The van der Waals surface area contributed by atoms with Gasteiger partial charge in [-0.2, -0.15) is 0 Å². The fourth-order valence-electron chi connectivity index (χ4n) is 1.48. The lowest BCUT2D eigenvalue weighted by molar-refractivity contribution is -0.149. The van der Waals surface area contributed by atoms with Crippen molar-refractivity contribution in [2.24, 2.45) is 11.8 Å². The smallest absolute Gasteiger partial charge is 0.310 e. The Hall–Kier alpha value is -0.610. The van der Waals surface area contributed by atoms with Crippen molar-refractivity contribution in [3.05, 3.63) is 0 Å². The van der Waals surface area contributed by atoms with Crippen LogP contribution in [0.3, 0.4) is 0 Å². The summed E-state index contributed by atoms with van der Waals surface area (Å²) >= 11 is 0. The molecule has 1 saturated heterocycles. The molecule has 0 aromatic heterocycles. The van der Waals surface area contributed by atoms with Crippen LogP contribution in [-0.4, -0.2) is 39.0 Å². The molecule has 0 saturated carbocycles. The summed E-state index contributed by atoms with van der Waals surface area (Å²) in [5.74, 6) is 0.145. The molecule has 1 aliphatic rings. The molecule has 4 nitrogen and oxygen atoms in total. The van der Waals surface area contributed by atoms with Crippen molar-refractivity contribution in [1.29, 1.82) is 0 Å². The largest absolute Gasteiger partial charge is 0.466 e. The molecule has 1 aliphatic heterocycles. The first-order valence-corrected chi connectivity index (χ1v) is 5.56. The molecule has 0 aliphatic carbocycles. The van der Waals surface area contributed by atoms with E-state index >= 15 is 0 Å². The van der Waals surface area contributed by atoms with E-state index in [4.69, 9.17) is 14.2 Å². The van der Waals surface area contributed by atoms with Crippen LogP contribution in [0.4, 0.5) is 0 Å². The van der Waals surface area contributed by atoms with Crippen molar-refractivity contribution >= 4 is 5.97 Å². The summed E-state index contributed by atoms with van der Waals surface area (Å²) in [7, 11) is 0. The van der Waals surface area contributed by atoms with Gasteiger partial charge in [0, 0.05) is 12.5 Å². The summed E-state index contributed by atoms with van der Waals surface area (Å²) in [6.45, 7) is 6.80. The van der Waals surface area contributed by atoms with Gasteiger partial charge in [0.05, 0.1) is 32.3 Å². The van der Waals surface area contributed by atoms with Crippen LogP contribution in [-0.2, 0) is 19.0 Å². The van der Waals surface area contributed by atoms with Gasteiger partial charge in [0.2, 0.25) is 0 Å². The van der Waals surface area contributed by atoms with E-state index in [9.17, 15) is 4.79 Å². The van der Waals surface area contributed by atoms with Gasteiger partial charge in [-0.05, 0) is 20.3 Å². The van der Waals surface area contributed by atoms with Gasteiger partial charge in [-0.3, -0.25) is 4.79 Å². The monoisotopic (exact) mass is 216 g/mol. The molecule has 2 unspecified atom stereocenters. The summed E-state index contributed by atoms with van der Waals surface area (Å²) < 4.78 is 15.6. The minimum Gasteiger partial charge on any atom is -0.466 e. The van der Waals surface area contributed by atoms with E-state index < -0.39 is 0 Å². The van der Waals surface area contributed by atoms with Crippen molar-refractivity contribution < 1.29 is 19.0 Å². The van der Waals surface area contributed by atoms with Gasteiger partial charge in [-0.1, -0.05) is 0 Å². The molecule has 1 rings (SSSR count). The Kier molecular flexibility index (Phi) is 5.65. The summed E-state index contributed by atoms with van der Waals surface area (Å²) in [5, 5.41) is 0. The molecule has 0 spiro atoms. The Bertz CT molecular complexity index is 187. The Morgan fingerprint density at radius 1 is 1.60 bits per heavy atom. The SMILES string of the molecule is CCOC(=O)C(C)COCC1CCOC1. The molecule has 0 N–H and O–H groups in total. The highest BCUT2D eigenvalue weighted by molar-refractivity contribution is 5.72. The fourth-order valence-corrected chi connectivity index (χ4v) is 1.48. The third-order valence-corrected chi connectivity index (χ3v) is 2.43. The molecular formula is C11H20O4. The zero-order valence-corrected chi connectivity index (χ0v) is 9.53. The Balaban J connectivity index is 2.05. The zero-order chi connectivity index (χ0) is 11.1. The number of esters is 1. The Morgan fingerprint density at radius 2 is 2.40 bits per heavy atom. The Labute approximate surface area is 90.9 Å². The standard InChI is InChI=1S/C11H20O4/c1-3-15-11(12)9(2)6-14-8-10-4-5-13-7-10/h9-10H,3-8H2,1-2H3. The van der Waals surface area contributed by atoms with E-state index in [0.29, 0.717) is 25.7 Å². The van der Waals surface area contributed by atoms with Crippen LogP contribution in [0.2, 0.25) is 0 Å². The van der Waals surface area contributed by atoms with Crippen LogP contribution in [0, 0.1) is 11.8 Å². The van der Waals surface area contributed by atoms with Gasteiger partial charge < -0.3 is 14.2 Å². The Morgan fingerprint density at radius 3 is 3.00 bits per heavy atom. The molecule has 2 atom stereocenters. The predicted octanol–water partition coefficient (Wildman–Crippen LogP) is 1.24. The molecule has 0 bridgehead atoms. The molecule has 0 aromatic rings. The number of carbonyl (C=O) groups excluding carboxylic acids is 1. The highest BCUT2D eigenvalue weighted by Crippen LogP contribution is 2.12. The highest BCUT2D eigenvalue weighted by Gasteiger charge is 2.18. The second kappa shape index (κ2) is 6.80. The molecule has 0 aromatic carbocycles. The maximum absolute atomic E-state index is 11.2. The van der Waals surface area contributed by atoms with E-state index in [2.05, 4.69) is 0 Å². The lowest BCUT2D eigenvalue weighted by Crippen LogP contribution is -2.21. The predicted molar refractivity (Wildman–Crippen MR) is 55.5 cm³/mol. The lowest BCUT2D eigenvalue weighted by atomic mass is 10.1. The second-order valence-electron chi connectivity index (χ2n) is 3.92. The summed E-state index contributed by atoms with van der Waals surface area (Å²) in [4.78, 5) is 11.2.